The number of aryl methyl sites for hydroxylation is 1. The van der Waals surface area contributed by atoms with E-state index in [2.05, 4.69) is 37.2 Å². The Labute approximate surface area is 96.9 Å². The van der Waals surface area contributed by atoms with Crippen LogP contribution in [0.15, 0.2) is 23.1 Å². The van der Waals surface area contributed by atoms with Gasteiger partial charge >= 0.3 is 0 Å². The average molecular weight is 221 g/mol. The molecule has 15 heavy (non-hydrogen) atoms. The van der Waals surface area contributed by atoms with Crippen molar-refractivity contribution in [3.05, 3.63) is 29.3 Å². The second-order valence-corrected chi connectivity index (χ2v) is 5.58. The van der Waals surface area contributed by atoms with E-state index >= 15 is 0 Å². The van der Waals surface area contributed by atoms with Crippen molar-refractivity contribution >= 4 is 11.8 Å². The Kier molecular flexibility index (Phi) is 3.71. The number of hydrogen-bond acceptors (Lipinski definition) is 2. The maximum absolute atomic E-state index is 2.39. The molecule has 0 saturated carbocycles. The topological polar surface area (TPSA) is 3.24 Å². The van der Waals surface area contributed by atoms with Gasteiger partial charge in [-0.3, -0.25) is 0 Å². The summed E-state index contributed by atoms with van der Waals surface area (Å²) in [6, 6.07) is 7.02. The van der Waals surface area contributed by atoms with Crippen LogP contribution >= 0.6 is 11.8 Å². The van der Waals surface area contributed by atoms with Crippen molar-refractivity contribution in [1.29, 1.82) is 0 Å². The monoisotopic (exact) mass is 221 g/mol. The van der Waals surface area contributed by atoms with Gasteiger partial charge in [-0.1, -0.05) is 12.1 Å². The fourth-order valence-electron chi connectivity index (χ4n) is 1.89. The SMILES string of the molecule is CN(C)CCc1ccc2c(c1)SCCC2. The number of likely N-dealkylation sites (N-methyl/N-ethyl adjacent to an activating group) is 1. The summed E-state index contributed by atoms with van der Waals surface area (Å²) >= 11 is 2.02. The van der Waals surface area contributed by atoms with Crippen LogP contribution in [0.1, 0.15) is 17.5 Å². The van der Waals surface area contributed by atoms with Crippen LogP contribution in [0, 0.1) is 0 Å². The zero-order chi connectivity index (χ0) is 10.7. The summed E-state index contributed by atoms with van der Waals surface area (Å²) in [6.07, 6.45) is 3.78. The summed E-state index contributed by atoms with van der Waals surface area (Å²) in [5, 5.41) is 0. The highest BCUT2D eigenvalue weighted by atomic mass is 32.2. The molecule has 2 heteroatoms. The van der Waals surface area contributed by atoms with Gasteiger partial charge in [0.15, 0.2) is 0 Å². The minimum absolute atomic E-state index is 1.14. The highest BCUT2D eigenvalue weighted by Crippen LogP contribution is 2.30. The standard InChI is InChI=1S/C13H19NS/c1-14(2)8-7-11-5-6-12-4-3-9-15-13(12)10-11/h5-6,10H,3-4,7-9H2,1-2H3. The van der Waals surface area contributed by atoms with Gasteiger partial charge in [0.2, 0.25) is 0 Å². The molecule has 1 heterocycles. The molecule has 82 valence electrons. The molecule has 1 aromatic carbocycles. The van der Waals surface area contributed by atoms with E-state index in [1.807, 2.05) is 11.8 Å². The first-order chi connectivity index (χ1) is 7.25. The van der Waals surface area contributed by atoms with Crippen LogP contribution in [0.4, 0.5) is 0 Å². The Morgan fingerprint density at radius 2 is 2.20 bits per heavy atom. The van der Waals surface area contributed by atoms with Gasteiger partial charge in [0, 0.05) is 11.4 Å². The number of hydrogen-bond donors (Lipinski definition) is 0. The van der Waals surface area contributed by atoms with Crippen molar-refractivity contribution in [2.75, 3.05) is 26.4 Å². The molecule has 1 aliphatic rings. The lowest BCUT2D eigenvalue weighted by atomic mass is 10.1. The first kappa shape index (κ1) is 11.0. The first-order valence-corrected chi connectivity index (χ1v) is 6.63. The van der Waals surface area contributed by atoms with Crippen LogP contribution in [0.25, 0.3) is 0 Å². The number of benzene rings is 1. The molecular weight excluding hydrogens is 202 g/mol. The zero-order valence-electron chi connectivity index (χ0n) is 9.62. The van der Waals surface area contributed by atoms with Crippen LogP contribution in [0.2, 0.25) is 0 Å². The van der Waals surface area contributed by atoms with Crippen molar-refractivity contribution < 1.29 is 0 Å². The Morgan fingerprint density at radius 3 is 3.00 bits per heavy atom. The Balaban J connectivity index is 2.07. The van der Waals surface area contributed by atoms with Gasteiger partial charge in [-0.15, -0.1) is 11.8 Å². The third-order valence-corrected chi connectivity index (χ3v) is 4.01. The van der Waals surface area contributed by atoms with E-state index in [0.717, 1.165) is 6.54 Å². The smallest absolute Gasteiger partial charge is 0.0107 e. The van der Waals surface area contributed by atoms with Crippen LogP contribution in [0.3, 0.4) is 0 Å². The fraction of sp³-hybridized carbons (Fsp3) is 0.538. The van der Waals surface area contributed by atoms with E-state index in [-0.39, 0.29) is 0 Å². The summed E-state index contributed by atoms with van der Waals surface area (Å²) in [7, 11) is 4.26. The quantitative estimate of drug-likeness (QED) is 0.772. The number of fused-ring (bicyclic) bond motifs is 1. The summed E-state index contributed by atoms with van der Waals surface area (Å²) in [5.41, 5.74) is 3.04. The first-order valence-electron chi connectivity index (χ1n) is 5.65. The maximum atomic E-state index is 2.39. The van der Waals surface area contributed by atoms with E-state index in [1.165, 1.54) is 35.5 Å². The van der Waals surface area contributed by atoms with Gasteiger partial charge in [-0.05, 0) is 56.3 Å². The molecule has 0 saturated heterocycles. The normalized spacial score (nSPS) is 15.4. The van der Waals surface area contributed by atoms with E-state index < -0.39 is 0 Å². The molecule has 2 rings (SSSR count). The molecule has 0 aliphatic carbocycles. The number of rotatable bonds is 3. The molecule has 0 N–H and O–H groups in total. The molecule has 0 atom stereocenters. The second-order valence-electron chi connectivity index (χ2n) is 4.45. The third-order valence-electron chi connectivity index (χ3n) is 2.83. The predicted molar refractivity (Wildman–Crippen MR) is 67.7 cm³/mol. The molecule has 1 aromatic rings. The van der Waals surface area contributed by atoms with Gasteiger partial charge in [0.1, 0.15) is 0 Å². The maximum Gasteiger partial charge on any atom is 0.0107 e. The number of nitrogens with zero attached hydrogens (tertiary/aromatic N) is 1. The van der Waals surface area contributed by atoms with Gasteiger partial charge in [0.25, 0.3) is 0 Å². The van der Waals surface area contributed by atoms with Crippen LogP contribution < -0.4 is 0 Å². The predicted octanol–water partition coefficient (Wildman–Crippen LogP) is 2.83. The zero-order valence-corrected chi connectivity index (χ0v) is 10.4. The molecule has 1 nitrogen and oxygen atoms in total. The molecule has 0 unspecified atom stereocenters. The van der Waals surface area contributed by atoms with Gasteiger partial charge in [0.05, 0.1) is 0 Å². The number of thioether (sulfide) groups is 1. The van der Waals surface area contributed by atoms with E-state index in [0.29, 0.717) is 0 Å². The van der Waals surface area contributed by atoms with Crippen molar-refractivity contribution in [3.8, 4) is 0 Å². The van der Waals surface area contributed by atoms with E-state index in [4.69, 9.17) is 0 Å². The molecule has 0 fully saturated rings. The summed E-state index contributed by atoms with van der Waals surface area (Å²) in [6.45, 7) is 1.14. The molecule has 1 aliphatic heterocycles. The van der Waals surface area contributed by atoms with Crippen LogP contribution in [0.5, 0.6) is 0 Å². The highest BCUT2D eigenvalue weighted by Gasteiger charge is 2.09. The van der Waals surface area contributed by atoms with Crippen LogP contribution in [-0.4, -0.2) is 31.3 Å². The molecule has 0 bridgehead atoms. The Morgan fingerprint density at radius 1 is 1.33 bits per heavy atom. The summed E-state index contributed by atoms with van der Waals surface area (Å²) in [5.74, 6) is 1.30. The lowest BCUT2D eigenvalue weighted by molar-refractivity contribution is 0.413. The largest absolute Gasteiger partial charge is 0.309 e. The molecule has 0 amide bonds. The molecular formula is C13H19NS. The van der Waals surface area contributed by atoms with Crippen molar-refractivity contribution in [2.24, 2.45) is 0 Å². The Hall–Kier alpha value is -0.470. The minimum Gasteiger partial charge on any atom is -0.309 e. The van der Waals surface area contributed by atoms with E-state index in [1.54, 1.807) is 5.56 Å². The summed E-state index contributed by atoms with van der Waals surface area (Å²) in [4.78, 5) is 3.77. The fourth-order valence-corrected chi connectivity index (χ4v) is 2.99. The van der Waals surface area contributed by atoms with Crippen molar-refractivity contribution in [1.82, 2.24) is 4.90 Å². The third kappa shape index (κ3) is 2.99. The van der Waals surface area contributed by atoms with Crippen molar-refractivity contribution in [2.45, 2.75) is 24.2 Å². The van der Waals surface area contributed by atoms with Gasteiger partial charge in [-0.25, -0.2) is 0 Å². The van der Waals surface area contributed by atoms with Crippen molar-refractivity contribution in [3.63, 3.8) is 0 Å². The Bertz CT molecular complexity index is 333. The summed E-state index contributed by atoms with van der Waals surface area (Å²) < 4.78 is 0. The van der Waals surface area contributed by atoms with E-state index in [9.17, 15) is 0 Å². The highest BCUT2D eigenvalue weighted by molar-refractivity contribution is 7.99. The molecule has 0 aromatic heterocycles. The lowest BCUT2D eigenvalue weighted by Crippen LogP contribution is -2.15. The van der Waals surface area contributed by atoms with Gasteiger partial charge in [-0.2, -0.15) is 0 Å². The van der Waals surface area contributed by atoms with Crippen LogP contribution in [-0.2, 0) is 12.8 Å². The van der Waals surface area contributed by atoms with Gasteiger partial charge < -0.3 is 4.90 Å². The molecule has 0 spiro atoms. The minimum atomic E-state index is 1.14. The molecule has 0 radical (unpaired) electrons. The second kappa shape index (κ2) is 5.04. The average Bonchev–Trinajstić information content (AvgIpc) is 2.26. The lowest BCUT2D eigenvalue weighted by Gasteiger charge is -2.16.